The smallest absolute Gasteiger partial charge is 0.145 e. The lowest BCUT2D eigenvalue weighted by atomic mass is 10.4. The average Bonchev–Trinajstić information content (AvgIpc) is 2.13. The molecule has 9 heavy (non-hydrogen) atoms. The highest BCUT2D eigenvalue weighted by Gasteiger charge is 2.04. The molecule has 0 fully saturated rings. The van der Waals surface area contributed by atoms with Gasteiger partial charge in [-0.2, -0.15) is 12.6 Å². The van der Waals surface area contributed by atoms with Gasteiger partial charge >= 0.3 is 0 Å². The molecule has 4 heteroatoms. The Morgan fingerprint density at radius 2 is 2.44 bits per heavy atom. The van der Waals surface area contributed by atoms with Gasteiger partial charge in [-0.25, -0.2) is 0 Å². The lowest BCUT2D eigenvalue weighted by Gasteiger charge is -1.99. The SMILES string of the molecule is CC(S)c1nncn1C. The van der Waals surface area contributed by atoms with Gasteiger partial charge in [0.1, 0.15) is 12.2 Å². The van der Waals surface area contributed by atoms with E-state index in [2.05, 4.69) is 22.8 Å². The summed E-state index contributed by atoms with van der Waals surface area (Å²) in [5.74, 6) is 0.901. The van der Waals surface area contributed by atoms with Gasteiger partial charge in [-0.1, -0.05) is 0 Å². The molecule has 0 saturated carbocycles. The van der Waals surface area contributed by atoms with Crippen molar-refractivity contribution in [3.8, 4) is 0 Å². The van der Waals surface area contributed by atoms with Crippen LogP contribution in [-0.2, 0) is 7.05 Å². The van der Waals surface area contributed by atoms with Crippen molar-refractivity contribution in [2.75, 3.05) is 0 Å². The van der Waals surface area contributed by atoms with Crippen LogP contribution in [-0.4, -0.2) is 14.8 Å². The first-order chi connectivity index (χ1) is 4.22. The van der Waals surface area contributed by atoms with Crippen LogP contribution in [0.1, 0.15) is 18.0 Å². The Bertz CT molecular complexity index is 194. The summed E-state index contributed by atoms with van der Waals surface area (Å²) in [4.78, 5) is 0. The Morgan fingerprint density at radius 1 is 1.78 bits per heavy atom. The van der Waals surface area contributed by atoms with Crippen LogP contribution in [0.5, 0.6) is 0 Å². The fourth-order valence-corrected chi connectivity index (χ4v) is 0.904. The molecule has 0 saturated heterocycles. The van der Waals surface area contributed by atoms with E-state index in [9.17, 15) is 0 Å². The number of nitrogens with zero attached hydrogens (tertiary/aromatic N) is 3. The van der Waals surface area contributed by atoms with E-state index in [1.165, 1.54) is 0 Å². The molecule has 1 aromatic rings. The van der Waals surface area contributed by atoms with Crippen LogP contribution in [0.4, 0.5) is 0 Å². The highest BCUT2D eigenvalue weighted by atomic mass is 32.1. The predicted octanol–water partition coefficient (Wildman–Crippen LogP) is 0.806. The van der Waals surface area contributed by atoms with Gasteiger partial charge in [0.25, 0.3) is 0 Å². The molecule has 1 rings (SSSR count). The highest BCUT2D eigenvalue weighted by molar-refractivity contribution is 7.80. The second-order valence-electron chi connectivity index (χ2n) is 1.98. The van der Waals surface area contributed by atoms with Gasteiger partial charge < -0.3 is 4.57 Å². The number of aromatic nitrogens is 3. The molecule has 0 radical (unpaired) electrons. The largest absolute Gasteiger partial charge is 0.320 e. The first kappa shape index (κ1) is 6.61. The van der Waals surface area contributed by atoms with E-state index in [4.69, 9.17) is 0 Å². The van der Waals surface area contributed by atoms with Crippen molar-refractivity contribution in [2.45, 2.75) is 12.2 Å². The van der Waals surface area contributed by atoms with E-state index >= 15 is 0 Å². The lowest BCUT2D eigenvalue weighted by molar-refractivity contribution is 0.799. The van der Waals surface area contributed by atoms with Crippen molar-refractivity contribution in [3.63, 3.8) is 0 Å². The van der Waals surface area contributed by atoms with Crippen LogP contribution in [0.3, 0.4) is 0 Å². The monoisotopic (exact) mass is 143 g/mol. The van der Waals surface area contributed by atoms with E-state index in [0.717, 1.165) is 5.82 Å². The number of hydrogen-bond donors (Lipinski definition) is 1. The molecule has 0 aliphatic carbocycles. The molecule has 50 valence electrons. The van der Waals surface area contributed by atoms with E-state index < -0.39 is 0 Å². The number of aryl methyl sites for hydroxylation is 1. The van der Waals surface area contributed by atoms with Gasteiger partial charge in [0.2, 0.25) is 0 Å². The summed E-state index contributed by atoms with van der Waals surface area (Å²) in [6.45, 7) is 1.97. The van der Waals surface area contributed by atoms with Crippen LogP contribution < -0.4 is 0 Å². The van der Waals surface area contributed by atoms with Gasteiger partial charge in [0.15, 0.2) is 0 Å². The first-order valence-electron chi connectivity index (χ1n) is 2.74. The first-order valence-corrected chi connectivity index (χ1v) is 3.25. The fourth-order valence-electron chi connectivity index (χ4n) is 0.670. The van der Waals surface area contributed by atoms with E-state index in [0.29, 0.717) is 0 Å². The van der Waals surface area contributed by atoms with Crippen LogP contribution in [0.2, 0.25) is 0 Å². The van der Waals surface area contributed by atoms with Crippen LogP contribution in [0, 0.1) is 0 Å². The summed E-state index contributed by atoms with van der Waals surface area (Å²) in [5, 5.41) is 7.72. The maximum atomic E-state index is 4.20. The Kier molecular flexibility index (Phi) is 1.75. The summed E-state index contributed by atoms with van der Waals surface area (Å²) in [6, 6.07) is 0. The Hall–Kier alpha value is -0.510. The Morgan fingerprint density at radius 3 is 2.67 bits per heavy atom. The van der Waals surface area contributed by atoms with Crippen molar-refractivity contribution >= 4 is 12.6 Å². The fraction of sp³-hybridized carbons (Fsp3) is 0.600. The van der Waals surface area contributed by atoms with E-state index in [-0.39, 0.29) is 5.25 Å². The molecule has 0 aliphatic rings. The number of thiol groups is 1. The molecule has 1 unspecified atom stereocenters. The zero-order chi connectivity index (χ0) is 6.85. The zero-order valence-corrected chi connectivity index (χ0v) is 6.34. The standard InChI is InChI=1S/C5H9N3S/c1-4(9)5-7-6-3-8(5)2/h3-4,9H,1-2H3. The Labute approximate surface area is 59.5 Å². The average molecular weight is 143 g/mol. The molecule has 0 aliphatic heterocycles. The molecule has 1 aromatic heterocycles. The zero-order valence-electron chi connectivity index (χ0n) is 5.44. The second kappa shape index (κ2) is 2.39. The minimum Gasteiger partial charge on any atom is -0.320 e. The maximum absolute atomic E-state index is 4.20. The molecule has 1 atom stereocenters. The third kappa shape index (κ3) is 1.24. The maximum Gasteiger partial charge on any atom is 0.145 e. The van der Waals surface area contributed by atoms with E-state index in [1.54, 1.807) is 6.33 Å². The summed E-state index contributed by atoms with van der Waals surface area (Å²) in [7, 11) is 1.90. The molecule has 1 heterocycles. The molecule has 0 amide bonds. The summed E-state index contributed by atoms with van der Waals surface area (Å²) in [6.07, 6.45) is 1.67. The normalized spacial score (nSPS) is 13.7. The van der Waals surface area contributed by atoms with Gasteiger partial charge in [-0.3, -0.25) is 0 Å². The third-order valence-corrected chi connectivity index (χ3v) is 1.35. The summed E-state index contributed by atoms with van der Waals surface area (Å²) >= 11 is 4.20. The van der Waals surface area contributed by atoms with Crippen molar-refractivity contribution in [3.05, 3.63) is 12.2 Å². The van der Waals surface area contributed by atoms with Gasteiger partial charge in [0, 0.05) is 7.05 Å². The van der Waals surface area contributed by atoms with Crippen molar-refractivity contribution < 1.29 is 0 Å². The topological polar surface area (TPSA) is 30.7 Å². The molecular weight excluding hydrogens is 134 g/mol. The van der Waals surface area contributed by atoms with Gasteiger partial charge in [-0.05, 0) is 6.92 Å². The number of hydrogen-bond acceptors (Lipinski definition) is 3. The number of rotatable bonds is 1. The second-order valence-corrected chi connectivity index (χ2v) is 2.75. The van der Waals surface area contributed by atoms with Crippen LogP contribution >= 0.6 is 12.6 Å². The minimum atomic E-state index is 0.164. The van der Waals surface area contributed by atoms with Gasteiger partial charge in [-0.15, -0.1) is 10.2 Å². The molecular formula is C5H9N3S. The van der Waals surface area contributed by atoms with Crippen molar-refractivity contribution in [1.82, 2.24) is 14.8 Å². The predicted molar refractivity (Wildman–Crippen MR) is 38.4 cm³/mol. The van der Waals surface area contributed by atoms with Gasteiger partial charge in [0.05, 0.1) is 5.25 Å². The quantitative estimate of drug-likeness (QED) is 0.590. The Balaban J connectivity index is 2.94. The van der Waals surface area contributed by atoms with Crippen LogP contribution in [0.15, 0.2) is 6.33 Å². The third-order valence-electron chi connectivity index (χ3n) is 1.12. The van der Waals surface area contributed by atoms with Crippen molar-refractivity contribution in [2.24, 2.45) is 7.05 Å². The molecule has 0 bridgehead atoms. The minimum absolute atomic E-state index is 0.164. The molecule has 0 aromatic carbocycles. The summed E-state index contributed by atoms with van der Waals surface area (Å²) < 4.78 is 1.86. The molecule has 3 nitrogen and oxygen atoms in total. The van der Waals surface area contributed by atoms with Crippen LogP contribution in [0.25, 0.3) is 0 Å². The molecule has 0 spiro atoms. The highest BCUT2D eigenvalue weighted by Crippen LogP contribution is 2.13. The van der Waals surface area contributed by atoms with E-state index in [1.807, 2.05) is 18.5 Å². The lowest BCUT2D eigenvalue weighted by Crippen LogP contribution is -1.96. The van der Waals surface area contributed by atoms with Crippen molar-refractivity contribution in [1.29, 1.82) is 0 Å². The summed E-state index contributed by atoms with van der Waals surface area (Å²) in [5.41, 5.74) is 0. The molecule has 0 N–H and O–H groups in total.